The average molecular weight is 286 g/mol. The van der Waals surface area contributed by atoms with Crippen LogP contribution in [0, 0.1) is 0 Å². The van der Waals surface area contributed by atoms with Gasteiger partial charge in [0.1, 0.15) is 6.61 Å². The van der Waals surface area contributed by atoms with Crippen molar-refractivity contribution in [2.75, 3.05) is 32.2 Å². The van der Waals surface area contributed by atoms with Crippen LogP contribution in [0.15, 0.2) is 48.7 Å². The van der Waals surface area contributed by atoms with Crippen LogP contribution in [0.1, 0.15) is 18.4 Å². The van der Waals surface area contributed by atoms with Gasteiger partial charge in [-0.2, -0.15) is 0 Å². The predicted octanol–water partition coefficient (Wildman–Crippen LogP) is 3.32. The molecule has 112 valence electrons. The highest BCUT2D eigenvalue weighted by Gasteiger charge is 2.04. The zero-order valence-electron chi connectivity index (χ0n) is 12.6. The van der Waals surface area contributed by atoms with E-state index in [0.29, 0.717) is 25.0 Å². The van der Waals surface area contributed by atoms with Crippen LogP contribution in [0.2, 0.25) is 0 Å². The highest BCUT2D eigenvalue weighted by molar-refractivity contribution is 5.42. The maximum atomic E-state index is 5.43. The number of methoxy groups -OCH3 is 1. The number of aromatic nitrogens is 1. The van der Waals surface area contributed by atoms with Crippen molar-refractivity contribution >= 4 is 5.69 Å². The molecule has 0 aliphatic rings. The van der Waals surface area contributed by atoms with E-state index in [1.807, 2.05) is 18.2 Å². The number of hydrogen-bond donors (Lipinski definition) is 1. The molecule has 1 N–H and O–H groups in total. The molecule has 2 rings (SSSR count). The highest BCUT2D eigenvalue weighted by atomic mass is 16.5. The molecule has 0 fully saturated rings. The molecule has 0 spiro atoms. The molecule has 0 aliphatic carbocycles. The summed E-state index contributed by atoms with van der Waals surface area (Å²) >= 11 is 0. The Bertz CT molecular complexity index is 514. The van der Waals surface area contributed by atoms with E-state index in [4.69, 9.17) is 9.47 Å². The van der Waals surface area contributed by atoms with Crippen LogP contribution in [0.25, 0.3) is 0 Å². The van der Waals surface area contributed by atoms with Crippen LogP contribution < -0.4 is 10.1 Å². The SMILES string of the molecule is COCCOc1ccc(NCC(C)c2ccccc2)cn1. The maximum Gasteiger partial charge on any atom is 0.213 e. The Morgan fingerprint density at radius 2 is 1.90 bits per heavy atom. The summed E-state index contributed by atoms with van der Waals surface area (Å²) in [7, 11) is 1.65. The number of hydrogen-bond acceptors (Lipinski definition) is 4. The van der Waals surface area contributed by atoms with Crippen molar-refractivity contribution in [3.63, 3.8) is 0 Å². The van der Waals surface area contributed by atoms with E-state index in [1.165, 1.54) is 5.56 Å². The zero-order chi connectivity index (χ0) is 14.9. The van der Waals surface area contributed by atoms with Crippen molar-refractivity contribution < 1.29 is 9.47 Å². The lowest BCUT2D eigenvalue weighted by molar-refractivity contribution is 0.144. The fourth-order valence-corrected chi connectivity index (χ4v) is 1.97. The summed E-state index contributed by atoms with van der Waals surface area (Å²) in [6.07, 6.45) is 1.79. The highest BCUT2D eigenvalue weighted by Crippen LogP contribution is 2.17. The van der Waals surface area contributed by atoms with Gasteiger partial charge in [-0.3, -0.25) is 0 Å². The predicted molar refractivity (Wildman–Crippen MR) is 85.0 cm³/mol. The summed E-state index contributed by atoms with van der Waals surface area (Å²) in [5.41, 5.74) is 2.33. The molecule has 0 amide bonds. The summed E-state index contributed by atoms with van der Waals surface area (Å²) in [5.74, 6) is 1.07. The van der Waals surface area contributed by atoms with Gasteiger partial charge in [0.15, 0.2) is 0 Å². The van der Waals surface area contributed by atoms with Gasteiger partial charge < -0.3 is 14.8 Å². The zero-order valence-corrected chi connectivity index (χ0v) is 12.6. The third kappa shape index (κ3) is 5.08. The second kappa shape index (κ2) is 8.27. The largest absolute Gasteiger partial charge is 0.475 e. The van der Waals surface area contributed by atoms with E-state index in [2.05, 4.69) is 41.5 Å². The van der Waals surface area contributed by atoms with Crippen molar-refractivity contribution in [1.82, 2.24) is 4.98 Å². The van der Waals surface area contributed by atoms with Crippen molar-refractivity contribution in [3.05, 3.63) is 54.2 Å². The molecule has 0 bridgehead atoms. The first-order valence-corrected chi connectivity index (χ1v) is 7.16. The van der Waals surface area contributed by atoms with Crippen molar-refractivity contribution in [3.8, 4) is 5.88 Å². The lowest BCUT2D eigenvalue weighted by Crippen LogP contribution is -2.10. The quantitative estimate of drug-likeness (QED) is 0.756. The lowest BCUT2D eigenvalue weighted by atomic mass is 10.0. The minimum Gasteiger partial charge on any atom is -0.475 e. The molecule has 0 saturated carbocycles. The number of ether oxygens (including phenoxy) is 2. The number of rotatable bonds is 8. The summed E-state index contributed by atoms with van der Waals surface area (Å²) in [4.78, 5) is 4.26. The van der Waals surface area contributed by atoms with Crippen LogP contribution in [-0.2, 0) is 4.74 Å². The molecule has 4 heteroatoms. The van der Waals surface area contributed by atoms with Gasteiger partial charge in [-0.25, -0.2) is 4.98 Å². The minimum absolute atomic E-state index is 0.448. The molecule has 21 heavy (non-hydrogen) atoms. The van der Waals surface area contributed by atoms with Gasteiger partial charge in [-0.15, -0.1) is 0 Å². The number of benzene rings is 1. The van der Waals surface area contributed by atoms with E-state index >= 15 is 0 Å². The Balaban J connectivity index is 1.80. The first kappa shape index (κ1) is 15.3. The summed E-state index contributed by atoms with van der Waals surface area (Å²) in [5, 5.41) is 3.39. The Morgan fingerprint density at radius 1 is 1.10 bits per heavy atom. The number of nitrogens with one attached hydrogen (secondary N) is 1. The lowest BCUT2D eigenvalue weighted by Gasteiger charge is -2.14. The van der Waals surface area contributed by atoms with Gasteiger partial charge in [0.05, 0.1) is 18.5 Å². The average Bonchev–Trinajstić information content (AvgIpc) is 2.55. The Morgan fingerprint density at radius 3 is 2.57 bits per heavy atom. The fraction of sp³-hybridized carbons (Fsp3) is 0.353. The smallest absolute Gasteiger partial charge is 0.213 e. The molecule has 1 aromatic heterocycles. The van der Waals surface area contributed by atoms with Crippen molar-refractivity contribution in [2.45, 2.75) is 12.8 Å². The van der Waals surface area contributed by atoms with Gasteiger partial charge >= 0.3 is 0 Å². The topological polar surface area (TPSA) is 43.4 Å². The van der Waals surface area contributed by atoms with E-state index in [0.717, 1.165) is 12.2 Å². The Labute approximate surface area is 126 Å². The molecule has 0 radical (unpaired) electrons. The van der Waals surface area contributed by atoms with E-state index < -0.39 is 0 Å². The molecule has 2 aromatic rings. The van der Waals surface area contributed by atoms with E-state index in [1.54, 1.807) is 13.3 Å². The maximum absolute atomic E-state index is 5.43. The molecule has 0 saturated heterocycles. The second-order valence-electron chi connectivity index (χ2n) is 4.92. The van der Waals surface area contributed by atoms with Crippen LogP contribution in [-0.4, -0.2) is 31.9 Å². The molecule has 0 aliphatic heterocycles. The minimum atomic E-state index is 0.448. The number of pyridine rings is 1. The third-order valence-corrected chi connectivity index (χ3v) is 3.25. The Kier molecular flexibility index (Phi) is 6.03. The first-order valence-electron chi connectivity index (χ1n) is 7.16. The standard InChI is InChI=1S/C17H22N2O2/c1-14(15-6-4-3-5-7-15)12-18-16-8-9-17(19-13-16)21-11-10-20-2/h3-9,13-14,18H,10-12H2,1-2H3. The van der Waals surface area contributed by atoms with Crippen LogP contribution in [0.4, 0.5) is 5.69 Å². The third-order valence-electron chi connectivity index (χ3n) is 3.25. The molecule has 4 nitrogen and oxygen atoms in total. The fourth-order valence-electron chi connectivity index (χ4n) is 1.97. The monoisotopic (exact) mass is 286 g/mol. The molecule has 1 unspecified atom stereocenters. The van der Waals surface area contributed by atoms with Crippen LogP contribution in [0.3, 0.4) is 0 Å². The van der Waals surface area contributed by atoms with Gasteiger partial charge in [-0.05, 0) is 17.5 Å². The number of anilines is 1. The molecular weight excluding hydrogens is 264 g/mol. The van der Waals surface area contributed by atoms with Crippen molar-refractivity contribution in [1.29, 1.82) is 0 Å². The summed E-state index contributed by atoms with van der Waals surface area (Å²) in [6.45, 7) is 4.16. The van der Waals surface area contributed by atoms with Gasteiger partial charge in [0, 0.05) is 19.7 Å². The van der Waals surface area contributed by atoms with Crippen molar-refractivity contribution in [2.24, 2.45) is 0 Å². The second-order valence-corrected chi connectivity index (χ2v) is 4.92. The number of nitrogens with zero attached hydrogens (tertiary/aromatic N) is 1. The first-order chi connectivity index (χ1) is 10.3. The normalized spacial score (nSPS) is 11.9. The summed E-state index contributed by atoms with van der Waals surface area (Å²) < 4.78 is 10.4. The van der Waals surface area contributed by atoms with E-state index in [-0.39, 0.29) is 0 Å². The molecule has 1 aromatic carbocycles. The van der Waals surface area contributed by atoms with E-state index in [9.17, 15) is 0 Å². The summed E-state index contributed by atoms with van der Waals surface area (Å²) in [6, 6.07) is 14.3. The van der Waals surface area contributed by atoms with Crippen LogP contribution in [0.5, 0.6) is 5.88 Å². The molecule has 1 heterocycles. The van der Waals surface area contributed by atoms with Crippen LogP contribution >= 0.6 is 0 Å². The Hall–Kier alpha value is -2.07. The van der Waals surface area contributed by atoms with Gasteiger partial charge in [-0.1, -0.05) is 37.3 Å². The molecule has 1 atom stereocenters. The van der Waals surface area contributed by atoms with Gasteiger partial charge in [0.25, 0.3) is 0 Å². The molecular formula is C17H22N2O2. The van der Waals surface area contributed by atoms with Gasteiger partial charge in [0.2, 0.25) is 5.88 Å².